The van der Waals surface area contributed by atoms with Gasteiger partial charge >= 0.3 is 0 Å². The van der Waals surface area contributed by atoms with E-state index in [0.29, 0.717) is 5.56 Å². The molecule has 6 heteroatoms. The van der Waals surface area contributed by atoms with Crippen LogP contribution < -0.4 is 10.5 Å². The first-order valence-electron chi connectivity index (χ1n) is 5.86. The summed E-state index contributed by atoms with van der Waals surface area (Å²) in [5.74, 6) is 0. The van der Waals surface area contributed by atoms with Gasteiger partial charge in [-0.15, -0.1) is 0 Å². The molecule has 0 saturated heterocycles. The average Bonchev–Trinajstić information content (AvgIpc) is 2.46. The smallest absolute Gasteiger partial charge is 0.242 e. The molecule has 2 aromatic rings. The van der Waals surface area contributed by atoms with Gasteiger partial charge in [0.25, 0.3) is 0 Å². The Balaban J connectivity index is 2.21. The summed E-state index contributed by atoms with van der Waals surface area (Å²) in [5.41, 5.74) is 6.92. The van der Waals surface area contributed by atoms with Gasteiger partial charge in [-0.05, 0) is 23.8 Å². The Kier molecular flexibility index (Phi) is 4.03. The van der Waals surface area contributed by atoms with Crippen molar-refractivity contribution >= 4 is 15.7 Å². The lowest BCUT2D eigenvalue weighted by Gasteiger charge is -2.09. The summed E-state index contributed by atoms with van der Waals surface area (Å²) in [7, 11) is -3.70. The zero-order valence-corrected chi connectivity index (χ0v) is 11.4. The van der Waals surface area contributed by atoms with Crippen molar-refractivity contribution in [3.8, 4) is 6.07 Å². The van der Waals surface area contributed by atoms with Crippen LogP contribution in [0.3, 0.4) is 0 Å². The number of nitrogens with one attached hydrogen (secondary N) is 1. The Hall–Kier alpha value is -2.36. The zero-order chi connectivity index (χ0) is 14.6. The van der Waals surface area contributed by atoms with E-state index >= 15 is 0 Å². The van der Waals surface area contributed by atoms with Crippen LogP contribution in [0.1, 0.15) is 11.1 Å². The molecule has 0 aliphatic rings. The van der Waals surface area contributed by atoms with Gasteiger partial charge < -0.3 is 5.73 Å². The first kappa shape index (κ1) is 14.1. The minimum absolute atomic E-state index is 0.0209. The molecule has 2 aromatic carbocycles. The van der Waals surface area contributed by atoms with Crippen molar-refractivity contribution in [1.29, 1.82) is 5.26 Å². The zero-order valence-electron chi connectivity index (χ0n) is 10.6. The van der Waals surface area contributed by atoms with Gasteiger partial charge in [-0.1, -0.05) is 30.3 Å². The first-order chi connectivity index (χ1) is 9.53. The number of nitrogens with zero attached hydrogens (tertiary/aromatic N) is 1. The normalized spacial score (nSPS) is 10.9. The van der Waals surface area contributed by atoms with Crippen molar-refractivity contribution in [2.24, 2.45) is 0 Å². The molecule has 0 aliphatic heterocycles. The molecule has 0 fully saturated rings. The summed E-state index contributed by atoms with van der Waals surface area (Å²) in [6.45, 7) is 0.183. The van der Waals surface area contributed by atoms with E-state index in [1.165, 1.54) is 18.2 Å². The highest BCUT2D eigenvalue weighted by Crippen LogP contribution is 2.19. The molecule has 0 aromatic heterocycles. The minimum atomic E-state index is -3.70. The number of benzene rings is 2. The van der Waals surface area contributed by atoms with Crippen LogP contribution in [-0.4, -0.2) is 8.42 Å². The second kappa shape index (κ2) is 5.74. The number of hydrogen-bond acceptors (Lipinski definition) is 4. The van der Waals surface area contributed by atoms with Crippen LogP contribution in [0, 0.1) is 11.3 Å². The standard InChI is InChI=1S/C14H13N3O2S/c15-9-12-6-7-14(13(16)8-12)20(18,19)17-10-11-4-2-1-3-5-11/h1-8,17H,10,16H2. The van der Waals surface area contributed by atoms with Crippen molar-refractivity contribution in [1.82, 2.24) is 4.72 Å². The summed E-state index contributed by atoms with van der Waals surface area (Å²) in [4.78, 5) is -0.0209. The fourth-order valence-electron chi connectivity index (χ4n) is 1.71. The Morgan fingerprint density at radius 2 is 1.85 bits per heavy atom. The molecule has 5 nitrogen and oxygen atoms in total. The van der Waals surface area contributed by atoms with Crippen LogP contribution in [-0.2, 0) is 16.6 Å². The third-order valence-corrected chi connectivity index (χ3v) is 4.21. The predicted molar refractivity (Wildman–Crippen MR) is 76.0 cm³/mol. The summed E-state index contributed by atoms with van der Waals surface area (Å²) < 4.78 is 26.8. The summed E-state index contributed by atoms with van der Waals surface area (Å²) in [6, 6.07) is 15.2. The topological polar surface area (TPSA) is 96.0 Å². The molecule has 0 amide bonds. The average molecular weight is 287 g/mol. The van der Waals surface area contributed by atoms with Gasteiger partial charge in [0, 0.05) is 6.54 Å². The molecular formula is C14H13N3O2S. The van der Waals surface area contributed by atoms with Crippen LogP contribution in [0.4, 0.5) is 5.69 Å². The van der Waals surface area contributed by atoms with E-state index in [1.807, 2.05) is 36.4 Å². The molecule has 0 heterocycles. The maximum Gasteiger partial charge on any atom is 0.242 e. The molecule has 102 valence electrons. The lowest BCUT2D eigenvalue weighted by Crippen LogP contribution is -2.24. The van der Waals surface area contributed by atoms with E-state index in [1.54, 1.807) is 0 Å². The number of nitriles is 1. The van der Waals surface area contributed by atoms with Gasteiger partial charge in [0.05, 0.1) is 17.3 Å². The van der Waals surface area contributed by atoms with E-state index < -0.39 is 10.0 Å². The second-order valence-corrected chi connectivity index (χ2v) is 5.91. The van der Waals surface area contributed by atoms with E-state index in [2.05, 4.69) is 4.72 Å². The van der Waals surface area contributed by atoms with Gasteiger partial charge in [-0.2, -0.15) is 5.26 Å². The second-order valence-electron chi connectivity index (χ2n) is 4.17. The van der Waals surface area contributed by atoms with E-state index in [0.717, 1.165) is 5.56 Å². The third-order valence-electron chi connectivity index (χ3n) is 2.74. The number of hydrogen-bond donors (Lipinski definition) is 2. The molecule has 0 saturated carbocycles. The Morgan fingerprint density at radius 3 is 2.45 bits per heavy atom. The maximum absolute atomic E-state index is 12.2. The molecule has 0 bridgehead atoms. The van der Waals surface area contributed by atoms with Crippen LogP contribution in [0.25, 0.3) is 0 Å². The number of anilines is 1. The summed E-state index contributed by atoms with van der Waals surface area (Å²) >= 11 is 0. The lowest BCUT2D eigenvalue weighted by atomic mass is 10.2. The fourth-order valence-corrected chi connectivity index (χ4v) is 2.84. The first-order valence-corrected chi connectivity index (χ1v) is 7.34. The number of nitrogens with two attached hydrogens (primary N) is 1. The highest BCUT2D eigenvalue weighted by molar-refractivity contribution is 7.89. The highest BCUT2D eigenvalue weighted by atomic mass is 32.2. The van der Waals surface area contributed by atoms with Gasteiger partial charge in [0.2, 0.25) is 10.0 Å². The van der Waals surface area contributed by atoms with Crippen molar-refractivity contribution in [2.75, 3.05) is 5.73 Å². The highest BCUT2D eigenvalue weighted by Gasteiger charge is 2.17. The molecule has 0 radical (unpaired) electrons. The molecule has 3 N–H and O–H groups in total. The molecule has 0 unspecified atom stereocenters. The maximum atomic E-state index is 12.2. The lowest BCUT2D eigenvalue weighted by molar-refractivity contribution is 0.581. The molecular weight excluding hydrogens is 274 g/mol. The van der Waals surface area contributed by atoms with Crippen LogP contribution in [0.15, 0.2) is 53.4 Å². The monoisotopic (exact) mass is 287 g/mol. The van der Waals surface area contributed by atoms with Gasteiger partial charge in [-0.3, -0.25) is 0 Å². The minimum Gasteiger partial charge on any atom is -0.398 e. The van der Waals surface area contributed by atoms with Crippen molar-refractivity contribution in [3.63, 3.8) is 0 Å². The molecule has 20 heavy (non-hydrogen) atoms. The van der Waals surface area contributed by atoms with Crippen LogP contribution in [0.5, 0.6) is 0 Å². The Morgan fingerprint density at radius 1 is 1.15 bits per heavy atom. The van der Waals surface area contributed by atoms with Crippen LogP contribution in [0.2, 0.25) is 0 Å². The number of nitrogen functional groups attached to an aromatic ring is 1. The molecule has 0 aliphatic carbocycles. The predicted octanol–water partition coefficient (Wildman–Crippen LogP) is 1.62. The van der Waals surface area contributed by atoms with E-state index in [4.69, 9.17) is 11.0 Å². The molecule has 2 rings (SSSR count). The van der Waals surface area contributed by atoms with Crippen molar-refractivity contribution in [2.45, 2.75) is 11.4 Å². The largest absolute Gasteiger partial charge is 0.398 e. The Labute approximate surface area is 117 Å². The van der Waals surface area contributed by atoms with Gasteiger partial charge in [0.15, 0.2) is 0 Å². The van der Waals surface area contributed by atoms with E-state index in [-0.39, 0.29) is 17.1 Å². The van der Waals surface area contributed by atoms with Gasteiger partial charge in [-0.25, -0.2) is 13.1 Å². The fraction of sp³-hybridized carbons (Fsp3) is 0.0714. The quantitative estimate of drug-likeness (QED) is 0.835. The Bertz CT molecular complexity index is 750. The van der Waals surface area contributed by atoms with E-state index in [9.17, 15) is 8.42 Å². The SMILES string of the molecule is N#Cc1ccc(S(=O)(=O)NCc2ccccc2)c(N)c1. The third kappa shape index (κ3) is 3.15. The molecule has 0 spiro atoms. The summed E-state index contributed by atoms with van der Waals surface area (Å²) in [5, 5.41) is 8.74. The van der Waals surface area contributed by atoms with Crippen molar-refractivity contribution < 1.29 is 8.42 Å². The number of rotatable bonds is 4. The van der Waals surface area contributed by atoms with Gasteiger partial charge in [0.1, 0.15) is 4.90 Å². The summed E-state index contributed by atoms with van der Waals surface area (Å²) in [6.07, 6.45) is 0. The molecule has 0 atom stereocenters. The van der Waals surface area contributed by atoms with Crippen molar-refractivity contribution in [3.05, 3.63) is 59.7 Å². The number of sulfonamides is 1. The van der Waals surface area contributed by atoms with Crippen LogP contribution >= 0.6 is 0 Å².